The quantitative estimate of drug-likeness (QED) is 0.870. The molecule has 1 saturated carbocycles. The van der Waals surface area contributed by atoms with Crippen molar-refractivity contribution < 1.29 is 9.15 Å². The second kappa shape index (κ2) is 5.94. The predicted octanol–water partition coefficient (Wildman–Crippen LogP) is 4.04. The summed E-state index contributed by atoms with van der Waals surface area (Å²) in [6, 6.07) is 9.00. The SMILES string of the molecule is Cc1ccc(OCc2cc(C)c(CNC3CC3)o2)c(C)c1. The molecule has 1 aromatic carbocycles. The third-order valence-electron chi connectivity index (χ3n) is 3.90. The molecule has 0 saturated heterocycles. The van der Waals surface area contributed by atoms with Crippen LogP contribution in [0.2, 0.25) is 0 Å². The zero-order valence-corrected chi connectivity index (χ0v) is 13.0. The van der Waals surface area contributed by atoms with Crippen molar-refractivity contribution in [3.8, 4) is 5.75 Å². The summed E-state index contributed by atoms with van der Waals surface area (Å²) < 4.78 is 11.8. The van der Waals surface area contributed by atoms with E-state index in [2.05, 4.69) is 44.3 Å². The molecule has 3 nitrogen and oxygen atoms in total. The summed E-state index contributed by atoms with van der Waals surface area (Å²) in [7, 11) is 0. The van der Waals surface area contributed by atoms with Gasteiger partial charge in [0.15, 0.2) is 0 Å². The highest BCUT2D eigenvalue weighted by molar-refractivity contribution is 5.35. The van der Waals surface area contributed by atoms with Crippen LogP contribution in [-0.2, 0) is 13.2 Å². The van der Waals surface area contributed by atoms with Crippen LogP contribution in [-0.4, -0.2) is 6.04 Å². The normalized spacial score (nSPS) is 14.4. The maximum absolute atomic E-state index is 5.89. The fraction of sp³-hybridized carbons (Fsp3) is 0.444. The maximum atomic E-state index is 5.89. The minimum absolute atomic E-state index is 0.480. The Labute approximate surface area is 126 Å². The zero-order valence-electron chi connectivity index (χ0n) is 13.0. The van der Waals surface area contributed by atoms with E-state index >= 15 is 0 Å². The number of hydrogen-bond donors (Lipinski definition) is 1. The number of aryl methyl sites for hydroxylation is 3. The fourth-order valence-electron chi connectivity index (χ4n) is 2.47. The first-order valence-corrected chi connectivity index (χ1v) is 7.63. The molecule has 3 rings (SSSR count). The third-order valence-corrected chi connectivity index (χ3v) is 3.90. The van der Waals surface area contributed by atoms with Crippen molar-refractivity contribution in [1.82, 2.24) is 5.32 Å². The lowest BCUT2D eigenvalue weighted by atomic mass is 10.1. The molecule has 0 unspecified atom stereocenters. The molecule has 0 radical (unpaired) electrons. The Hall–Kier alpha value is -1.74. The van der Waals surface area contributed by atoms with Gasteiger partial charge in [-0.1, -0.05) is 17.7 Å². The van der Waals surface area contributed by atoms with Gasteiger partial charge < -0.3 is 14.5 Å². The lowest BCUT2D eigenvalue weighted by Crippen LogP contribution is -2.15. The number of hydrogen-bond acceptors (Lipinski definition) is 3. The Kier molecular flexibility index (Phi) is 4.02. The minimum Gasteiger partial charge on any atom is -0.485 e. The Morgan fingerprint density at radius 1 is 1.14 bits per heavy atom. The number of furan rings is 1. The van der Waals surface area contributed by atoms with E-state index in [-0.39, 0.29) is 0 Å². The number of nitrogens with one attached hydrogen (secondary N) is 1. The van der Waals surface area contributed by atoms with E-state index in [1.54, 1.807) is 0 Å². The van der Waals surface area contributed by atoms with E-state index in [0.717, 1.165) is 29.4 Å². The first-order valence-electron chi connectivity index (χ1n) is 7.63. The van der Waals surface area contributed by atoms with E-state index in [0.29, 0.717) is 12.6 Å². The highest BCUT2D eigenvalue weighted by atomic mass is 16.5. The highest BCUT2D eigenvalue weighted by Crippen LogP contribution is 2.23. The summed E-state index contributed by atoms with van der Waals surface area (Å²) in [6.07, 6.45) is 2.59. The van der Waals surface area contributed by atoms with Gasteiger partial charge in [-0.3, -0.25) is 0 Å². The van der Waals surface area contributed by atoms with Gasteiger partial charge in [0, 0.05) is 6.04 Å². The summed E-state index contributed by atoms with van der Waals surface area (Å²) in [6.45, 7) is 7.55. The summed E-state index contributed by atoms with van der Waals surface area (Å²) >= 11 is 0. The highest BCUT2D eigenvalue weighted by Gasteiger charge is 2.21. The molecular weight excluding hydrogens is 262 g/mol. The second-order valence-corrected chi connectivity index (χ2v) is 6.03. The monoisotopic (exact) mass is 285 g/mol. The van der Waals surface area contributed by atoms with E-state index in [1.807, 2.05) is 6.07 Å². The van der Waals surface area contributed by atoms with Crippen LogP contribution in [0.25, 0.3) is 0 Å². The Morgan fingerprint density at radius 2 is 1.95 bits per heavy atom. The van der Waals surface area contributed by atoms with Crippen LogP contribution in [0, 0.1) is 20.8 Å². The van der Waals surface area contributed by atoms with Crippen molar-refractivity contribution in [2.75, 3.05) is 0 Å². The molecular formula is C18H23NO2. The largest absolute Gasteiger partial charge is 0.485 e. The lowest BCUT2D eigenvalue weighted by Gasteiger charge is -2.08. The van der Waals surface area contributed by atoms with Crippen molar-refractivity contribution in [2.45, 2.75) is 52.8 Å². The van der Waals surface area contributed by atoms with E-state index in [4.69, 9.17) is 9.15 Å². The topological polar surface area (TPSA) is 34.4 Å². The summed E-state index contributed by atoms with van der Waals surface area (Å²) in [4.78, 5) is 0. The molecule has 1 aliphatic carbocycles. The van der Waals surface area contributed by atoms with Crippen molar-refractivity contribution >= 4 is 0 Å². The predicted molar refractivity (Wildman–Crippen MR) is 83.6 cm³/mol. The Balaban J connectivity index is 1.60. The van der Waals surface area contributed by atoms with Crippen LogP contribution in [0.4, 0.5) is 0 Å². The average molecular weight is 285 g/mol. The van der Waals surface area contributed by atoms with E-state index < -0.39 is 0 Å². The fourth-order valence-corrected chi connectivity index (χ4v) is 2.47. The molecule has 0 atom stereocenters. The van der Waals surface area contributed by atoms with Gasteiger partial charge in [-0.2, -0.15) is 0 Å². The van der Waals surface area contributed by atoms with Crippen molar-refractivity contribution in [3.05, 3.63) is 52.5 Å². The molecule has 1 aliphatic rings. The smallest absolute Gasteiger partial charge is 0.146 e. The molecule has 21 heavy (non-hydrogen) atoms. The lowest BCUT2D eigenvalue weighted by molar-refractivity contribution is 0.263. The van der Waals surface area contributed by atoms with E-state index in [9.17, 15) is 0 Å². The first-order chi connectivity index (χ1) is 10.1. The summed E-state index contributed by atoms with van der Waals surface area (Å²) in [5.74, 6) is 2.84. The molecule has 112 valence electrons. The van der Waals surface area contributed by atoms with E-state index in [1.165, 1.54) is 24.0 Å². The summed E-state index contributed by atoms with van der Waals surface area (Å²) in [5.41, 5.74) is 3.61. The van der Waals surface area contributed by atoms with Crippen LogP contribution in [0.3, 0.4) is 0 Å². The van der Waals surface area contributed by atoms with Crippen LogP contribution in [0.5, 0.6) is 5.75 Å². The summed E-state index contributed by atoms with van der Waals surface area (Å²) in [5, 5.41) is 3.48. The first kappa shape index (κ1) is 14.2. The molecule has 0 spiro atoms. The Bertz CT molecular complexity index is 626. The van der Waals surface area contributed by atoms with Gasteiger partial charge >= 0.3 is 0 Å². The van der Waals surface area contributed by atoms with Crippen LogP contribution in [0.15, 0.2) is 28.7 Å². The molecule has 2 aromatic rings. The standard InChI is InChI=1S/C18H23NO2/c1-12-4-7-17(13(2)8-12)20-11-16-9-14(3)18(21-16)10-19-15-5-6-15/h4,7-9,15,19H,5-6,10-11H2,1-3H3. The molecule has 1 fully saturated rings. The molecule has 1 heterocycles. The maximum Gasteiger partial charge on any atom is 0.146 e. The molecule has 1 aromatic heterocycles. The van der Waals surface area contributed by atoms with Gasteiger partial charge in [-0.15, -0.1) is 0 Å². The van der Waals surface area contributed by atoms with Crippen LogP contribution < -0.4 is 10.1 Å². The van der Waals surface area contributed by atoms with Crippen molar-refractivity contribution in [1.29, 1.82) is 0 Å². The van der Waals surface area contributed by atoms with Gasteiger partial charge in [0.1, 0.15) is 23.9 Å². The minimum atomic E-state index is 0.480. The van der Waals surface area contributed by atoms with Crippen molar-refractivity contribution in [3.63, 3.8) is 0 Å². The molecule has 0 aliphatic heterocycles. The van der Waals surface area contributed by atoms with Gasteiger partial charge in [-0.25, -0.2) is 0 Å². The third kappa shape index (κ3) is 3.67. The molecule has 1 N–H and O–H groups in total. The van der Waals surface area contributed by atoms with Gasteiger partial charge in [0.2, 0.25) is 0 Å². The molecule has 0 amide bonds. The van der Waals surface area contributed by atoms with Gasteiger partial charge in [0.25, 0.3) is 0 Å². The van der Waals surface area contributed by atoms with Crippen LogP contribution in [0.1, 0.15) is 41.1 Å². The van der Waals surface area contributed by atoms with Crippen molar-refractivity contribution in [2.24, 2.45) is 0 Å². The average Bonchev–Trinajstić information content (AvgIpc) is 3.20. The van der Waals surface area contributed by atoms with Gasteiger partial charge in [0.05, 0.1) is 6.54 Å². The van der Waals surface area contributed by atoms with Crippen LogP contribution >= 0.6 is 0 Å². The number of ether oxygens (including phenoxy) is 1. The second-order valence-electron chi connectivity index (χ2n) is 6.03. The number of benzene rings is 1. The van der Waals surface area contributed by atoms with Gasteiger partial charge in [-0.05, 0) is 56.9 Å². The zero-order chi connectivity index (χ0) is 14.8. The molecule has 3 heteroatoms. The molecule has 0 bridgehead atoms. The number of rotatable bonds is 6. The Morgan fingerprint density at radius 3 is 2.67 bits per heavy atom.